The maximum Gasteiger partial charge on any atom is 0.224 e. The molecule has 0 aliphatic rings. The van der Waals surface area contributed by atoms with Crippen LogP contribution >= 0.6 is 0 Å². The predicted molar refractivity (Wildman–Crippen MR) is 66.7 cm³/mol. The Labute approximate surface area is 97.3 Å². The zero-order valence-corrected chi connectivity index (χ0v) is 8.88. The summed E-state index contributed by atoms with van der Waals surface area (Å²) in [6, 6.07) is 6.41. The molecule has 0 radical (unpaired) electrons. The molecule has 1 aromatic heterocycles. The van der Waals surface area contributed by atoms with Crippen molar-refractivity contribution in [3.63, 3.8) is 0 Å². The summed E-state index contributed by atoms with van der Waals surface area (Å²) in [6.45, 7) is 0. The Kier molecular flexibility index (Phi) is 2.57. The van der Waals surface area contributed by atoms with Crippen molar-refractivity contribution in [1.82, 2.24) is 9.97 Å². The average molecular weight is 232 g/mol. The van der Waals surface area contributed by atoms with Crippen LogP contribution in [-0.2, 0) is 0 Å². The third-order valence-corrected chi connectivity index (χ3v) is 2.12. The van der Waals surface area contributed by atoms with E-state index in [-0.39, 0.29) is 23.2 Å². The van der Waals surface area contributed by atoms with Crippen molar-refractivity contribution >= 4 is 29.0 Å². The van der Waals surface area contributed by atoms with Crippen LogP contribution in [0.1, 0.15) is 0 Å². The van der Waals surface area contributed by atoms with E-state index in [1.54, 1.807) is 12.1 Å². The van der Waals surface area contributed by atoms with Crippen molar-refractivity contribution in [2.75, 3.05) is 22.5 Å². The van der Waals surface area contributed by atoms with Crippen LogP contribution in [0.25, 0.3) is 0 Å². The van der Waals surface area contributed by atoms with Crippen LogP contribution in [0.3, 0.4) is 0 Å². The maximum absolute atomic E-state index is 9.15. The molecule has 1 heterocycles. The van der Waals surface area contributed by atoms with E-state index in [0.29, 0.717) is 11.5 Å². The van der Waals surface area contributed by atoms with Crippen LogP contribution in [0.4, 0.5) is 29.0 Å². The first-order valence-corrected chi connectivity index (χ1v) is 4.81. The van der Waals surface area contributed by atoms with Gasteiger partial charge in [0.25, 0.3) is 0 Å². The zero-order chi connectivity index (χ0) is 12.4. The van der Waals surface area contributed by atoms with E-state index in [4.69, 9.17) is 22.3 Å². The van der Waals surface area contributed by atoms with Gasteiger partial charge in [-0.1, -0.05) is 0 Å². The van der Waals surface area contributed by atoms with E-state index >= 15 is 0 Å². The number of hydrogen-bond acceptors (Lipinski definition) is 7. The fraction of sp³-hybridized carbons (Fsp3) is 0. The second-order valence-corrected chi connectivity index (χ2v) is 3.40. The second-order valence-electron chi connectivity index (χ2n) is 3.40. The van der Waals surface area contributed by atoms with E-state index in [0.717, 1.165) is 0 Å². The molecule has 1 aromatic carbocycles. The first-order chi connectivity index (χ1) is 8.06. The Morgan fingerprint density at radius 3 is 2.29 bits per heavy atom. The molecule has 0 spiro atoms. The molecule has 7 nitrogen and oxygen atoms in total. The lowest BCUT2D eigenvalue weighted by Crippen LogP contribution is -2.08. The number of nitrogens with one attached hydrogen (secondary N) is 1. The minimum Gasteiger partial charge on any atom is -0.508 e. The Hall–Kier alpha value is -2.70. The molecule has 88 valence electrons. The summed E-state index contributed by atoms with van der Waals surface area (Å²) in [5, 5.41) is 12.1. The number of aromatic hydroxyl groups is 1. The lowest BCUT2D eigenvalue weighted by Gasteiger charge is -2.10. The highest BCUT2D eigenvalue weighted by molar-refractivity contribution is 5.77. The number of anilines is 5. The topological polar surface area (TPSA) is 136 Å². The van der Waals surface area contributed by atoms with Crippen LogP contribution in [0.2, 0.25) is 0 Å². The van der Waals surface area contributed by atoms with Gasteiger partial charge in [0, 0.05) is 5.69 Å². The molecular formula is C10H12N6O. The average Bonchev–Trinajstić information content (AvgIpc) is 2.28. The summed E-state index contributed by atoms with van der Waals surface area (Å²) in [6.07, 6.45) is 0. The number of benzene rings is 1. The molecule has 0 saturated heterocycles. The van der Waals surface area contributed by atoms with Gasteiger partial charge in [0.05, 0.1) is 0 Å². The fourth-order valence-electron chi connectivity index (χ4n) is 1.28. The van der Waals surface area contributed by atoms with E-state index < -0.39 is 0 Å². The summed E-state index contributed by atoms with van der Waals surface area (Å²) in [7, 11) is 0. The number of hydrogen-bond donors (Lipinski definition) is 5. The first-order valence-electron chi connectivity index (χ1n) is 4.81. The molecule has 8 N–H and O–H groups in total. The Bertz CT molecular complexity index is 539. The zero-order valence-electron chi connectivity index (χ0n) is 8.88. The fourth-order valence-corrected chi connectivity index (χ4v) is 1.28. The van der Waals surface area contributed by atoms with Crippen LogP contribution in [-0.4, -0.2) is 15.1 Å². The van der Waals surface area contributed by atoms with Gasteiger partial charge < -0.3 is 27.6 Å². The molecule has 2 rings (SSSR count). The summed E-state index contributed by atoms with van der Waals surface area (Å²) < 4.78 is 0. The summed E-state index contributed by atoms with van der Waals surface area (Å²) >= 11 is 0. The SMILES string of the molecule is Nc1nc(N)c(N)c(Nc2ccc(O)cc2)n1. The van der Waals surface area contributed by atoms with Gasteiger partial charge in [0.15, 0.2) is 11.6 Å². The molecule has 7 heteroatoms. The van der Waals surface area contributed by atoms with Gasteiger partial charge in [-0.3, -0.25) is 0 Å². The monoisotopic (exact) mass is 232 g/mol. The Balaban J connectivity index is 2.32. The van der Waals surface area contributed by atoms with Crippen molar-refractivity contribution < 1.29 is 5.11 Å². The summed E-state index contributed by atoms with van der Waals surface area (Å²) in [4.78, 5) is 7.67. The number of nitrogens with zero attached hydrogens (tertiary/aromatic N) is 2. The van der Waals surface area contributed by atoms with Gasteiger partial charge in [-0.15, -0.1) is 0 Å². The molecule has 2 aromatic rings. The maximum atomic E-state index is 9.15. The van der Waals surface area contributed by atoms with Gasteiger partial charge in [0.1, 0.15) is 11.4 Å². The Morgan fingerprint density at radius 1 is 1.00 bits per heavy atom. The van der Waals surface area contributed by atoms with E-state index in [2.05, 4.69) is 15.3 Å². The summed E-state index contributed by atoms with van der Waals surface area (Å²) in [5.74, 6) is 0.669. The number of nitrogen functional groups attached to an aromatic ring is 3. The van der Waals surface area contributed by atoms with Gasteiger partial charge in [-0.2, -0.15) is 9.97 Å². The van der Waals surface area contributed by atoms with E-state index in [1.807, 2.05) is 0 Å². The molecule has 0 fully saturated rings. The lowest BCUT2D eigenvalue weighted by molar-refractivity contribution is 0.475. The van der Waals surface area contributed by atoms with Crippen LogP contribution in [0.5, 0.6) is 5.75 Å². The van der Waals surface area contributed by atoms with Crippen LogP contribution < -0.4 is 22.5 Å². The minimum atomic E-state index is 0.0398. The van der Waals surface area contributed by atoms with Crippen molar-refractivity contribution in [2.24, 2.45) is 0 Å². The smallest absolute Gasteiger partial charge is 0.224 e. The second kappa shape index (κ2) is 4.05. The third-order valence-electron chi connectivity index (χ3n) is 2.12. The highest BCUT2D eigenvalue weighted by Gasteiger charge is 2.08. The number of rotatable bonds is 2. The Morgan fingerprint density at radius 2 is 1.65 bits per heavy atom. The molecular weight excluding hydrogens is 220 g/mol. The quantitative estimate of drug-likeness (QED) is 0.480. The van der Waals surface area contributed by atoms with Gasteiger partial charge in [-0.25, -0.2) is 0 Å². The van der Waals surface area contributed by atoms with E-state index in [9.17, 15) is 0 Å². The number of aromatic nitrogens is 2. The molecule has 0 aliphatic heterocycles. The number of phenolic OH excluding ortho intramolecular Hbond substituents is 1. The number of nitrogens with two attached hydrogens (primary N) is 3. The van der Waals surface area contributed by atoms with Crippen molar-refractivity contribution in [1.29, 1.82) is 0 Å². The van der Waals surface area contributed by atoms with Gasteiger partial charge in [-0.05, 0) is 24.3 Å². The molecule has 0 amide bonds. The molecule has 0 bridgehead atoms. The molecule has 17 heavy (non-hydrogen) atoms. The van der Waals surface area contributed by atoms with Crippen molar-refractivity contribution in [2.45, 2.75) is 0 Å². The molecule has 0 aliphatic carbocycles. The molecule has 0 saturated carbocycles. The van der Waals surface area contributed by atoms with Crippen molar-refractivity contribution in [3.05, 3.63) is 24.3 Å². The van der Waals surface area contributed by atoms with E-state index in [1.165, 1.54) is 12.1 Å². The van der Waals surface area contributed by atoms with Gasteiger partial charge in [0.2, 0.25) is 5.95 Å². The standard InChI is InChI=1S/C10H12N6O/c11-7-8(12)15-10(13)16-9(7)14-5-1-3-6(17)4-2-5/h1-4,17H,11H2,(H5,12,13,14,15,16). The minimum absolute atomic E-state index is 0.0398. The highest BCUT2D eigenvalue weighted by atomic mass is 16.3. The molecule has 0 atom stereocenters. The van der Waals surface area contributed by atoms with Crippen LogP contribution in [0, 0.1) is 0 Å². The largest absolute Gasteiger partial charge is 0.508 e. The summed E-state index contributed by atoms with van der Waals surface area (Å²) in [5.41, 5.74) is 17.7. The third kappa shape index (κ3) is 2.28. The highest BCUT2D eigenvalue weighted by Crippen LogP contribution is 2.26. The lowest BCUT2D eigenvalue weighted by atomic mass is 10.3. The van der Waals surface area contributed by atoms with Crippen molar-refractivity contribution in [3.8, 4) is 5.75 Å². The predicted octanol–water partition coefficient (Wildman–Crippen LogP) is 0.672. The number of phenols is 1. The normalized spacial score (nSPS) is 10.1. The first kappa shape index (κ1) is 10.8. The molecule has 0 unspecified atom stereocenters. The van der Waals surface area contributed by atoms with Gasteiger partial charge >= 0.3 is 0 Å². The van der Waals surface area contributed by atoms with Crippen LogP contribution in [0.15, 0.2) is 24.3 Å².